The molecule has 22 heavy (non-hydrogen) atoms. The lowest BCUT2D eigenvalue weighted by atomic mass is 10.3. The minimum atomic E-state index is 0. The number of guanidine groups is 1. The molecular weight excluding hydrogens is 389 g/mol. The molecule has 1 N–H and O–H groups in total. The van der Waals surface area contributed by atoms with Crippen LogP contribution in [0.3, 0.4) is 0 Å². The summed E-state index contributed by atoms with van der Waals surface area (Å²) >= 11 is 0. The van der Waals surface area contributed by atoms with Gasteiger partial charge < -0.3 is 15.0 Å². The van der Waals surface area contributed by atoms with E-state index in [1.54, 1.807) is 0 Å². The molecule has 1 rings (SSSR count). The molecule has 0 aromatic rings. The summed E-state index contributed by atoms with van der Waals surface area (Å²) in [5, 5.41) is 3.35. The van der Waals surface area contributed by atoms with Crippen LogP contribution in [-0.4, -0.2) is 50.3 Å². The first-order valence-electron chi connectivity index (χ1n) is 8.49. The molecule has 1 saturated carbocycles. The van der Waals surface area contributed by atoms with Crippen LogP contribution in [0.2, 0.25) is 0 Å². The molecule has 0 aromatic heterocycles. The van der Waals surface area contributed by atoms with Crippen LogP contribution in [0, 0.1) is 0 Å². The van der Waals surface area contributed by atoms with E-state index in [2.05, 4.69) is 35.8 Å². The fourth-order valence-electron chi connectivity index (χ4n) is 2.60. The molecule has 0 unspecified atom stereocenters. The molecule has 1 fully saturated rings. The zero-order valence-corrected chi connectivity index (χ0v) is 16.7. The van der Waals surface area contributed by atoms with Crippen molar-refractivity contribution in [3.63, 3.8) is 0 Å². The van der Waals surface area contributed by atoms with Gasteiger partial charge in [0.05, 0.1) is 6.10 Å². The molecule has 4 nitrogen and oxygen atoms in total. The Balaban J connectivity index is 0.00000441. The SMILES string of the molecule is C=CCCCN(C)C(=NCCCOC1CCCC1)NCC.I. The normalized spacial score (nSPS) is 15.5. The Morgan fingerprint density at radius 3 is 2.73 bits per heavy atom. The van der Waals surface area contributed by atoms with Crippen molar-refractivity contribution in [2.45, 2.75) is 58.0 Å². The maximum Gasteiger partial charge on any atom is 0.193 e. The van der Waals surface area contributed by atoms with Gasteiger partial charge in [-0.1, -0.05) is 18.9 Å². The summed E-state index contributed by atoms with van der Waals surface area (Å²) in [4.78, 5) is 6.88. The van der Waals surface area contributed by atoms with Gasteiger partial charge in [0.2, 0.25) is 0 Å². The van der Waals surface area contributed by atoms with Gasteiger partial charge in [-0.05, 0) is 39.0 Å². The second kappa shape index (κ2) is 14.3. The van der Waals surface area contributed by atoms with Crippen LogP contribution in [0.25, 0.3) is 0 Å². The molecule has 0 aliphatic heterocycles. The van der Waals surface area contributed by atoms with Crippen LogP contribution in [-0.2, 0) is 4.74 Å². The van der Waals surface area contributed by atoms with E-state index in [4.69, 9.17) is 4.74 Å². The third-order valence-electron chi connectivity index (χ3n) is 3.82. The topological polar surface area (TPSA) is 36.9 Å². The highest BCUT2D eigenvalue weighted by Gasteiger charge is 2.14. The van der Waals surface area contributed by atoms with Gasteiger partial charge in [-0.15, -0.1) is 30.6 Å². The fourth-order valence-corrected chi connectivity index (χ4v) is 2.60. The standard InChI is InChI=1S/C17H33N3O.HI/c1-4-6-9-14-20(3)17(18-5-2)19-13-10-15-21-16-11-7-8-12-16;/h4,16H,1,5-15H2,2-3H3,(H,18,19);1H. The van der Waals surface area contributed by atoms with E-state index in [1.807, 2.05) is 6.08 Å². The largest absolute Gasteiger partial charge is 0.378 e. The van der Waals surface area contributed by atoms with Gasteiger partial charge in [0.25, 0.3) is 0 Å². The third kappa shape index (κ3) is 9.66. The van der Waals surface area contributed by atoms with E-state index in [9.17, 15) is 0 Å². The lowest BCUT2D eigenvalue weighted by Crippen LogP contribution is -2.39. The Kier molecular flexibility index (Phi) is 14.1. The molecule has 0 radical (unpaired) electrons. The number of nitrogens with zero attached hydrogens (tertiary/aromatic N) is 2. The van der Waals surface area contributed by atoms with E-state index in [1.165, 1.54) is 25.7 Å². The van der Waals surface area contributed by atoms with E-state index in [0.717, 1.165) is 51.5 Å². The minimum absolute atomic E-state index is 0. The Morgan fingerprint density at radius 1 is 1.36 bits per heavy atom. The van der Waals surface area contributed by atoms with Gasteiger partial charge in [-0.3, -0.25) is 4.99 Å². The number of hydrogen-bond donors (Lipinski definition) is 1. The van der Waals surface area contributed by atoms with Gasteiger partial charge in [0, 0.05) is 33.3 Å². The average molecular weight is 423 g/mol. The number of nitrogens with one attached hydrogen (secondary N) is 1. The van der Waals surface area contributed by atoms with Gasteiger partial charge in [-0.2, -0.15) is 0 Å². The van der Waals surface area contributed by atoms with Crippen LogP contribution in [0.5, 0.6) is 0 Å². The number of halogens is 1. The molecule has 0 bridgehead atoms. The number of unbranched alkanes of at least 4 members (excludes halogenated alkanes) is 1. The number of ether oxygens (including phenoxy) is 1. The first kappa shape index (κ1) is 21.7. The summed E-state index contributed by atoms with van der Waals surface area (Å²) in [6.45, 7) is 9.46. The summed E-state index contributed by atoms with van der Waals surface area (Å²) < 4.78 is 5.87. The molecule has 0 saturated heterocycles. The molecule has 130 valence electrons. The molecule has 1 aliphatic carbocycles. The highest BCUT2D eigenvalue weighted by atomic mass is 127. The quantitative estimate of drug-likeness (QED) is 0.191. The minimum Gasteiger partial charge on any atom is -0.378 e. The van der Waals surface area contributed by atoms with E-state index in [0.29, 0.717) is 6.10 Å². The predicted molar refractivity (Wildman–Crippen MR) is 106 cm³/mol. The van der Waals surface area contributed by atoms with Crippen molar-refractivity contribution in [3.05, 3.63) is 12.7 Å². The Hall–Kier alpha value is -0.300. The maximum atomic E-state index is 5.87. The monoisotopic (exact) mass is 423 g/mol. The molecular formula is C17H34IN3O. The second-order valence-electron chi connectivity index (χ2n) is 5.72. The predicted octanol–water partition coefficient (Wildman–Crippen LogP) is 3.82. The van der Waals surface area contributed by atoms with Crippen LogP contribution in [0.4, 0.5) is 0 Å². The van der Waals surface area contributed by atoms with Gasteiger partial charge in [0.1, 0.15) is 0 Å². The highest BCUT2D eigenvalue weighted by molar-refractivity contribution is 14.0. The van der Waals surface area contributed by atoms with Crippen molar-refractivity contribution >= 4 is 29.9 Å². The van der Waals surface area contributed by atoms with Crippen LogP contribution >= 0.6 is 24.0 Å². The fraction of sp³-hybridized carbons (Fsp3) is 0.824. The van der Waals surface area contributed by atoms with Gasteiger partial charge in [0.15, 0.2) is 5.96 Å². The summed E-state index contributed by atoms with van der Waals surface area (Å²) in [5.74, 6) is 1.00. The lowest BCUT2D eigenvalue weighted by Gasteiger charge is -2.21. The number of rotatable bonds is 10. The molecule has 0 heterocycles. The van der Waals surface area contributed by atoms with Crippen molar-refractivity contribution in [1.82, 2.24) is 10.2 Å². The number of aliphatic imine (C=N–C) groups is 1. The molecule has 0 atom stereocenters. The van der Waals surface area contributed by atoms with Crippen molar-refractivity contribution < 1.29 is 4.74 Å². The Morgan fingerprint density at radius 2 is 2.09 bits per heavy atom. The van der Waals surface area contributed by atoms with Crippen LogP contribution < -0.4 is 5.32 Å². The summed E-state index contributed by atoms with van der Waals surface area (Å²) in [5.41, 5.74) is 0. The van der Waals surface area contributed by atoms with Crippen LogP contribution in [0.15, 0.2) is 17.6 Å². The zero-order chi connectivity index (χ0) is 15.3. The van der Waals surface area contributed by atoms with Gasteiger partial charge >= 0.3 is 0 Å². The van der Waals surface area contributed by atoms with E-state index >= 15 is 0 Å². The maximum absolute atomic E-state index is 5.87. The third-order valence-corrected chi connectivity index (χ3v) is 3.82. The molecule has 0 spiro atoms. The first-order valence-corrected chi connectivity index (χ1v) is 8.49. The highest BCUT2D eigenvalue weighted by Crippen LogP contribution is 2.20. The molecule has 0 aromatic carbocycles. The zero-order valence-electron chi connectivity index (χ0n) is 14.4. The molecule has 0 amide bonds. The van der Waals surface area contributed by atoms with E-state index in [-0.39, 0.29) is 24.0 Å². The molecule has 1 aliphatic rings. The second-order valence-corrected chi connectivity index (χ2v) is 5.72. The number of allylic oxidation sites excluding steroid dienone is 1. The van der Waals surface area contributed by atoms with Crippen LogP contribution in [0.1, 0.15) is 51.9 Å². The van der Waals surface area contributed by atoms with Crippen molar-refractivity contribution in [2.75, 3.05) is 33.3 Å². The Bertz CT molecular complexity index is 304. The summed E-state index contributed by atoms with van der Waals surface area (Å²) in [7, 11) is 2.10. The van der Waals surface area contributed by atoms with Crippen molar-refractivity contribution in [1.29, 1.82) is 0 Å². The summed E-state index contributed by atoms with van der Waals surface area (Å²) in [6, 6.07) is 0. The summed E-state index contributed by atoms with van der Waals surface area (Å²) in [6.07, 6.45) is 10.8. The number of hydrogen-bond acceptors (Lipinski definition) is 2. The van der Waals surface area contributed by atoms with Gasteiger partial charge in [-0.25, -0.2) is 0 Å². The Labute approximate surface area is 153 Å². The van der Waals surface area contributed by atoms with Crippen molar-refractivity contribution in [3.8, 4) is 0 Å². The molecule has 5 heteroatoms. The average Bonchev–Trinajstić information content (AvgIpc) is 2.99. The smallest absolute Gasteiger partial charge is 0.193 e. The van der Waals surface area contributed by atoms with E-state index < -0.39 is 0 Å². The first-order chi connectivity index (χ1) is 10.3. The van der Waals surface area contributed by atoms with Crippen molar-refractivity contribution in [2.24, 2.45) is 4.99 Å². The lowest BCUT2D eigenvalue weighted by molar-refractivity contribution is 0.0579.